The summed E-state index contributed by atoms with van der Waals surface area (Å²) < 4.78 is 10.7. The van der Waals surface area contributed by atoms with Gasteiger partial charge in [-0.25, -0.2) is 0 Å². The van der Waals surface area contributed by atoms with Crippen molar-refractivity contribution >= 4 is 0 Å². The lowest BCUT2D eigenvalue weighted by Gasteiger charge is -2.29. The van der Waals surface area contributed by atoms with E-state index in [0.29, 0.717) is 23.6 Å². The Labute approximate surface area is 124 Å². The number of hydrogen-bond donors (Lipinski definition) is 2. The second kappa shape index (κ2) is 7.84. The fourth-order valence-corrected chi connectivity index (χ4v) is 2.27. The Balaban J connectivity index is 1.85. The SMILES string of the molecule is COc1cc(C#N)cc(OCC(O)CN2CCNCC2)c1. The van der Waals surface area contributed by atoms with Crippen LogP contribution >= 0.6 is 0 Å². The topological polar surface area (TPSA) is 77.8 Å². The monoisotopic (exact) mass is 291 g/mol. The highest BCUT2D eigenvalue weighted by Crippen LogP contribution is 2.22. The van der Waals surface area contributed by atoms with Crippen molar-refractivity contribution in [1.29, 1.82) is 5.26 Å². The molecule has 1 saturated heterocycles. The zero-order valence-corrected chi connectivity index (χ0v) is 12.2. The standard InChI is InChI=1S/C15H21N3O3/c1-20-14-6-12(9-16)7-15(8-14)21-11-13(19)10-18-4-2-17-3-5-18/h6-8,13,17,19H,2-5,10-11H2,1H3. The van der Waals surface area contributed by atoms with Crippen LogP contribution in [0.1, 0.15) is 5.56 Å². The fraction of sp³-hybridized carbons (Fsp3) is 0.533. The molecule has 0 bridgehead atoms. The van der Waals surface area contributed by atoms with Gasteiger partial charge in [0.15, 0.2) is 0 Å². The molecule has 0 amide bonds. The van der Waals surface area contributed by atoms with Gasteiger partial charge in [0.05, 0.1) is 18.7 Å². The third-order valence-corrected chi connectivity index (χ3v) is 3.37. The first kappa shape index (κ1) is 15.6. The zero-order chi connectivity index (χ0) is 15.1. The molecule has 0 saturated carbocycles. The molecule has 114 valence electrons. The maximum absolute atomic E-state index is 10.0. The lowest BCUT2D eigenvalue weighted by atomic mass is 10.2. The van der Waals surface area contributed by atoms with Crippen LogP contribution in [0.5, 0.6) is 11.5 Å². The summed E-state index contributed by atoms with van der Waals surface area (Å²) in [5.74, 6) is 1.10. The molecule has 0 aliphatic carbocycles. The Kier molecular flexibility index (Phi) is 5.81. The summed E-state index contributed by atoms with van der Waals surface area (Å²) in [6.07, 6.45) is -0.556. The molecule has 0 spiro atoms. The van der Waals surface area contributed by atoms with E-state index < -0.39 is 6.10 Å². The van der Waals surface area contributed by atoms with Crippen molar-refractivity contribution in [2.24, 2.45) is 0 Å². The van der Waals surface area contributed by atoms with Crippen LogP contribution in [0.15, 0.2) is 18.2 Å². The molecule has 1 aromatic carbocycles. The maximum Gasteiger partial charge on any atom is 0.124 e. The van der Waals surface area contributed by atoms with Crippen LogP contribution in [0, 0.1) is 11.3 Å². The zero-order valence-electron chi connectivity index (χ0n) is 12.2. The molecule has 6 heteroatoms. The normalized spacial score (nSPS) is 17.0. The Morgan fingerprint density at radius 1 is 1.33 bits per heavy atom. The predicted octanol–water partition coefficient (Wildman–Crippen LogP) is 0.212. The maximum atomic E-state index is 10.0. The van der Waals surface area contributed by atoms with E-state index in [1.54, 1.807) is 25.3 Å². The summed E-state index contributed by atoms with van der Waals surface area (Å²) in [5.41, 5.74) is 0.473. The van der Waals surface area contributed by atoms with Crippen molar-refractivity contribution in [3.05, 3.63) is 23.8 Å². The van der Waals surface area contributed by atoms with Gasteiger partial charge in [0.2, 0.25) is 0 Å². The van der Waals surface area contributed by atoms with E-state index >= 15 is 0 Å². The first-order valence-corrected chi connectivity index (χ1v) is 7.04. The van der Waals surface area contributed by atoms with Gasteiger partial charge in [0.1, 0.15) is 24.2 Å². The highest BCUT2D eigenvalue weighted by molar-refractivity contribution is 5.43. The Morgan fingerprint density at radius 2 is 2.05 bits per heavy atom. The number of aliphatic hydroxyl groups excluding tert-OH is 1. The number of hydrogen-bond acceptors (Lipinski definition) is 6. The van der Waals surface area contributed by atoms with Crippen molar-refractivity contribution in [2.45, 2.75) is 6.10 Å². The van der Waals surface area contributed by atoms with Crippen molar-refractivity contribution in [2.75, 3.05) is 46.4 Å². The first-order chi connectivity index (χ1) is 10.2. The van der Waals surface area contributed by atoms with Crippen LogP contribution in [0.4, 0.5) is 0 Å². The smallest absolute Gasteiger partial charge is 0.124 e. The van der Waals surface area contributed by atoms with Gasteiger partial charge in [-0.1, -0.05) is 0 Å². The number of nitriles is 1. The average Bonchev–Trinajstić information content (AvgIpc) is 2.53. The summed E-state index contributed by atoms with van der Waals surface area (Å²) in [5, 5.41) is 22.3. The van der Waals surface area contributed by atoms with E-state index in [1.165, 1.54) is 0 Å². The van der Waals surface area contributed by atoms with E-state index in [0.717, 1.165) is 26.2 Å². The second-order valence-corrected chi connectivity index (χ2v) is 5.02. The minimum atomic E-state index is -0.556. The quantitative estimate of drug-likeness (QED) is 0.780. The van der Waals surface area contributed by atoms with Crippen molar-refractivity contribution < 1.29 is 14.6 Å². The Morgan fingerprint density at radius 3 is 2.71 bits per heavy atom. The summed E-state index contributed by atoms with van der Waals surface area (Å²) in [7, 11) is 1.54. The molecule has 21 heavy (non-hydrogen) atoms. The van der Waals surface area contributed by atoms with Crippen molar-refractivity contribution in [3.63, 3.8) is 0 Å². The number of methoxy groups -OCH3 is 1. The van der Waals surface area contributed by atoms with Crippen LogP contribution in [0.3, 0.4) is 0 Å². The number of nitrogens with one attached hydrogen (secondary N) is 1. The lowest BCUT2D eigenvalue weighted by Crippen LogP contribution is -2.47. The van der Waals surface area contributed by atoms with Gasteiger partial charge in [-0.05, 0) is 12.1 Å². The molecule has 1 aliphatic rings. The number of β-amino-alcohol motifs (C(OH)–C–C–N with tert-alkyl or cyclic N) is 1. The molecule has 0 radical (unpaired) electrons. The highest BCUT2D eigenvalue weighted by atomic mass is 16.5. The number of rotatable bonds is 6. The van der Waals surface area contributed by atoms with E-state index in [-0.39, 0.29) is 6.61 Å². The average molecular weight is 291 g/mol. The molecule has 1 aromatic rings. The third kappa shape index (κ3) is 4.90. The van der Waals surface area contributed by atoms with Crippen LogP contribution in [0.25, 0.3) is 0 Å². The minimum absolute atomic E-state index is 0.196. The van der Waals surface area contributed by atoms with Gasteiger partial charge in [0.25, 0.3) is 0 Å². The van der Waals surface area contributed by atoms with Gasteiger partial charge in [-0.3, -0.25) is 4.90 Å². The molecule has 0 aromatic heterocycles. The lowest BCUT2D eigenvalue weighted by molar-refractivity contribution is 0.0640. The van der Waals surface area contributed by atoms with Gasteiger partial charge in [-0.2, -0.15) is 5.26 Å². The molecule has 1 unspecified atom stereocenters. The largest absolute Gasteiger partial charge is 0.497 e. The Bertz CT molecular complexity index is 495. The number of piperazine rings is 1. The molecule has 1 fully saturated rings. The summed E-state index contributed by atoms with van der Waals surface area (Å²) in [6, 6.07) is 7.05. The molecule has 1 heterocycles. The summed E-state index contributed by atoms with van der Waals surface area (Å²) in [6.45, 7) is 4.58. The highest BCUT2D eigenvalue weighted by Gasteiger charge is 2.15. The third-order valence-electron chi connectivity index (χ3n) is 3.37. The minimum Gasteiger partial charge on any atom is -0.497 e. The number of aliphatic hydroxyl groups is 1. The van der Waals surface area contributed by atoms with Gasteiger partial charge in [0, 0.05) is 38.8 Å². The second-order valence-electron chi connectivity index (χ2n) is 5.02. The molecule has 1 aliphatic heterocycles. The predicted molar refractivity (Wildman–Crippen MR) is 78.5 cm³/mol. The molecule has 2 N–H and O–H groups in total. The number of ether oxygens (including phenoxy) is 2. The fourth-order valence-electron chi connectivity index (χ4n) is 2.27. The van der Waals surface area contributed by atoms with Crippen LogP contribution in [-0.4, -0.2) is 62.6 Å². The van der Waals surface area contributed by atoms with E-state index in [1.807, 2.05) is 0 Å². The number of nitrogens with zero attached hydrogens (tertiary/aromatic N) is 2. The Hall–Kier alpha value is -1.81. The molecular weight excluding hydrogens is 270 g/mol. The van der Waals surface area contributed by atoms with Crippen LogP contribution in [-0.2, 0) is 0 Å². The van der Waals surface area contributed by atoms with E-state index in [4.69, 9.17) is 14.7 Å². The van der Waals surface area contributed by atoms with Gasteiger partial charge in [-0.15, -0.1) is 0 Å². The van der Waals surface area contributed by atoms with Gasteiger partial charge >= 0.3 is 0 Å². The summed E-state index contributed by atoms with van der Waals surface area (Å²) >= 11 is 0. The van der Waals surface area contributed by atoms with Crippen LogP contribution < -0.4 is 14.8 Å². The van der Waals surface area contributed by atoms with Gasteiger partial charge < -0.3 is 19.9 Å². The van der Waals surface area contributed by atoms with Crippen LogP contribution in [0.2, 0.25) is 0 Å². The number of benzene rings is 1. The van der Waals surface area contributed by atoms with Crippen molar-refractivity contribution in [3.8, 4) is 17.6 Å². The summed E-state index contributed by atoms with van der Waals surface area (Å²) in [4.78, 5) is 2.21. The van der Waals surface area contributed by atoms with Crippen molar-refractivity contribution in [1.82, 2.24) is 10.2 Å². The molecule has 1 atom stereocenters. The van der Waals surface area contributed by atoms with E-state index in [9.17, 15) is 5.11 Å². The molecule has 2 rings (SSSR count). The molecular formula is C15H21N3O3. The van der Waals surface area contributed by atoms with E-state index in [2.05, 4.69) is 16.3 Å². The molecule has 6 nitrogen and oxygen atoms in total. The first-order valence-electron chi connectivity index (χ1n) is 7.04.